The van der Waals surface area contributed by atoms with Crippen molar-refractivity contribution in [1.29, 1.82) is 0 Å². The van der Waals surface area contributed by atoms with E-state index in [9.17, 15) is 0 Å². The first-order valence-corrected chi connectivity index (χ1v) is 6.69. The minimum Gasteiger partial charge on any atom is -0.409 e. The molecular formula is C12H12BrN5O. The molecule has 1 aliphatic carbocycles. The third-order valence-corrected chi connectivity index (χ3v) is 3.59. The summed E-state index contributed by atoms with van der Waals surface area (Å²) in [4.78, 5) is 4.61. The highest BCUT2D eigenvalue weighted by Gasteiger charge is 2.19. The molecule has 3 N–H and O–H groups in total. The van der Waals surface area contributed by atoms with Gasteiger partial charge in [0.2, 0.25) is 0 Å². The Morgan fingerprint density at radius 3 is 3.00 bits per heavy atom. The van der Waals surface area contributed by atoms with E-state index in [1.807, 2.05) is 6.07 Å². The molecule has 98 valence electrons. The zero-order valence-electron chi connectivity index (χ0n) is 10.0. The lowest BCUT2D eigenvalue weighted by molar-refractivity contribution is 0.318. The van der Waals surface area contributed by atoms with E-state index >= 15 is 0 Å². The van der Waals surface area contributed by atoms with Crippen molar-refractivity contribution in [2.24, 2.45) is 10.9 Å². The molecule has 0 spiro atoms. The normalized spacial score (nSPS) is 14.7. The SMILES string of the molecule is NC(=NO)c1cc2c(nc1-n1cc(Br)cn1)CCC2. The number of fused-ring (bicyclic) bond motifs is 1. The summed E-state index contributed by atoms with van der Waals surface area (Å²) in [7, 11) is 0. The fourth-order valence-electron chi connectivity index (χ4n) is 2.29. The Morgan fingerprint density at radius 1 is 1.47 bits per heavy atom. The van der Waals surface area contributed by atoms with Gasteiger partial charge in [0.1, 0.15) is 0 Å². The Kier molecular flexibility index (Phi) is 2.98. The highest BCUT2D eigenvalue weighted by Crippen LogP contribution is 2.25. The van der Waals surface area contributed by atoms with Crippen LogP contribution in [0.2, 0.25) is 0 Å². The molecule has 0 saturated heterocycles. The first-order valence-electron chi connectivity index (χ1n) is 5.90. The Morgan fingerprint density at radius 2 is 2.32 bits per heavy atom. The second-order valence-corrected chi connectivity index (χ2v) is 5.32. The predicted molar refractivity (Wildman–Crippen MR) is 73.6 cm³/mol. The Labute approximate surface area is 118 Å². The third-order valence-electron chi connectivity index (χ3n) is 3.18. The van der Waals surface area contributed by atoms with Crippen LogP contribution in [-0.2, 0) is 12.8 Å². The van der Waals surface area contributed by atoms with Gasteiger partial charge in [0.05, 0.1) is 16.2 Å². The third kappa shape index (κ3) is 2.10. The average Bonchev–Trinajstić information content (AvgIpc) is 3.04. The molecule has 0 radical (unpaired) electrons. The molecule has 2 aromatic rings. The fraction of sp³-hybridized carbons (Fsp3) is 0.250. The molecule has 0 fully saturated rings. The van der Waals surface area contributed by atoms with E-state index in [-0.39, 0.29) is 5.84 Å². The quantitative estimate of drug-likeness (QED) is 0.380. The average molecular weight is 322 g/mol. The van der Waals surface area contributed by atoms with Crippen molar-refractivity contribution in [1.82, 2.24) is 14.8 Å². The maximum atomic E-state index is 8.91. The summed E-state index contributed by atoms with van der Waals surface area (Å²) in [6, 6.07) is 1.94. The smallest absolute Gasteiger partial charge is 0.173 e. The number of aromatic nitrogens is 3. The minimum absolute atomic E-state index is 0.0452. The Balaban J connectivity index is 2.21. The summed E-state index contributed by atoms with van der Waals surface area (Å²) in [5, 5.41) is 16.2. The molecular weight excluding hydrogens is 310 g/mol. The van der Waals surface area contributed by atoms with Gasteiger partial charge in [-0.3, -0.25) is 0 Å². The number of nitrogens with zero attached hydrogens (tertiary/aromatic N) is 4. The Bertz CT molecular complexity index is 664. The second kappa shape index (κ2) is 4.65. The molecule has 0 atom stereocenters. The number of nitrogens with two attached hydrogens (primary N) is 1. The van der Waals surface area contributed by atoms with Crippen LogP contribution < -0.4 is 5.73 Å². The first-order chi connectivity index (χ1) is 9.19. The van der Waals surface area contributed by atoms with Gasteiger partial charge in [-0.15, -0.1) is 0 Å². The van der Waals surface area contributed by atoms with Gasteiger partial charge in [-0.1, -0.05) is 5.16 Å². The van der Waals surface area contributed by atoms with E-state index in [1.54, 1.807) is 17.1 Å². The zero-order valence-corrected chi connectivity index (χ0v) is 11.6. The number of oxime groups is 1. The van der Waals surface area contributed by atoms with Crippen molar-refractivity contribution in [3.63, 3.8) is 0 Å². The molecule has 0 aliphatic heterocycles. The van der Waals surface area contributed by atoms with Crippen molar-refractivity contribution < 1.29 is 5.21 Å². The topological polar surface area (TPSA) is 89.3 Å². The molecule has 0 aromatic carbocycles. The van der Waals surface area contributed by atoms with Crippen molar-refractivity contribution >= 4 is 21.8 Å². The zero-order chi connectivity index (χ0) is 13.4. The van der Waals surface area contributed by atoms with Crippen LogP contribution in [0, 0.1) is 0 Å². The van der Waals surface area contributed by atoms with Crippen LogP contribution in [0.1, 0.15) is 23.2 Å². The lowest BCUT2D eigenvalue weighted by atomic mass is 10.1. The molecule has 6 nitrogen and oxygen atoms in total. The maximum Gasteiger partial charge on any atom is 0.173 e. The van der Waals surface area contributed by atoms with Crippen LogP contribution in [0.4, 0.5) is 0 Å². The lowest BCUT2D eigenvalue weighted by Crippen LogP contribution is -2.18. The van der Waals surface area contributed by atoms with Gasteiger partial charge in [0, 0.05) is 11.9 Å². The number of amidine groups is 1. The summed E-state index contributed by atoms with van der Waals surface area (Å²) in [5.74, 6) is 0.630. The molecule has 0 amide bonds. The van der Waals surface area contributed by atoms with Crippen LogP contribution in [0.25, 0.3) is 5.82 Å². The largest absolute Gasteiger partial charge is 0.409 e. The monoisotopic (exact) mass is 321 g/mol. The van der Waals surface area contributed by atoms with Gasteiger partial charge in [0.25, 0.3) is 0 Å². The summed E-state index contributed by atoms with van der Waals surface area (Å²) in [6.45, 7) is 0. The van der Waals surface area contributed by atoms with Gasteiger partial charge in [0.15, 0.2) is 11.7 Å². The molecule has 2 heterocycles. The second-order valence-electron chi connectivity index (χ2n) is 4.41. The highest BCUT2D eigenvalue weighted by atomic mass is 79.9. The van der Waals surface area contributed by atoms with Crippen LogP contribution in [0.3, 0.4) is 0 Å². The number of halogens is 1. The minimum atomic E-state index is 0.0452. The van der Waals surface area contributed by atoms with Crippen molar-refractivity contribution in [3.05, 3.63) is 39.8 Å². The lowest BCUT2D eigenvalue weighted by Gasteiger charge is -2.10. The standard InChI is InChI=1S/C12H12BrN5O/c13-8-5-15-18(6-8)12-9(11(14)17-19)4-7-2-1-3-10(7)16-12/h4-6,19H,1-3H2,(H2,14,17). The Hall–Kier alpha value is -1.89. The van der Waals surface area contributed by atoms with Crippen molar-refractivity contribution in [3.8, 4) is 5.82 Å². The van der Waals surface area contributed by atoms with Crippen molar-refractivity contribution in [2.75, 3.05) is 0 Å². The van der Waals surface area contributed by atoms with E-state index in [0.29, 0.717) is 11.4 Å². The summed E-state index contributed by atoms with van der Waals surface area (Å²) in [5.41, 5.74) is 8.57. The van der Waals surface area contributed by atoms with Crippen LogP contribution >= 0.6 is 15.9 Å². The van der Waals surface area contributed by atoms with Gasteiger partial charge in [-0.25, -0.2) is 9.67 Å². The molecule has 0 bridgehead atoms. The van der Waals surface area contributed by atoms with Crippen LogP contribution in [0.5, 0.6) is 0 Å². The molecule has 0 saturated carbocycles. The number of hydrogen-bond acceptors (Lipinski definition) is 4. The number of rotatable bonds is 2. The first kappa shape index (κ1) is 12.2. The summed E-state index contributed by atoms with van der Waals surface area (Å²) >= 11 is 3.35. The van der Waals surface area contributed by atoms with Gasteiger partial charge in [-0.05, 0) is 46.8 Å². The fourth-order valence-corrected chi connectivity index (χ4v) is 2.58. The van der Waals surface area contributed by atoms with E-state index in [4.69, 9.17) is 10.9 Å². The number of pyridine rings is 1. The molecule has 0 unspecified atom stereocenters. The number of hydrogen-bond donors (Lipinski definition) is 2. The number of aryl methyl sites for hydroxylation is 2. The van der Waals surface area contributed by atoms with Gasteiger partial charge >= 0.3 is 0 Å². The summed E-state index contributed by atoms with van der Waals surface area (Å²) < 4.78 is 2.47. The maximum absolute atomic E-state index is 8.91. The van der Waals surface area contributed by atoms with E-state index in [0.717, 1.165) is 35.0 Å². The van der Waals surface area contributed by atoms with E-state index in [1.165, 1.54) is 0 Å². The molecule has 2 aromatic heterocycles. The molecule has 7 heteroatoms. The van der Waals surface area contributed by atoms with Crippen LogP contribution in [-0.4, -0.2) is 25.8 Å². The van der Waals surface area contributed by atoms with E-state index < -0.39 is 0 Å². The van der Waals surface area contributed by atoms with Crippen LogP contribution in [0.15, 0.2) is 28.1 Å². The summed E-state index contributed by atoms with van der Waals surface area (Å²) in [6.07, 6.45) is 6.49. The van der Waals surface area contributed by atoms with Crippen molar-refractivity contribution in [2.45, 2.75) is 19.3 Å². The molecule has 1 aliphatic rings. The van der Waals surface area contributed by atoms with E-state index in [2.05, 4.69) is 31.2 Å². The van der Waals surface area contributed by atoms with Gasteiger partial charge < -0.3 is 10.9 Å². The molecule has 19 heavy (non-hydrogen) atoms. The highest BCUT2D eigenvalue weighted by molar-refractivity contribution is 9.10. The van der Waals surface area contributed by atoms with Gasteiger partial charge in [-0.2, -0.15) is 5.10 Å². The molecule has 3 rings (SSSR count). The predicted octanol–water partition coefficient (Wildman–Crippen LogP) is 1.61.